The van der Waals surface area contributed by atoms with Crippen molar-refractivity contribution in [1.82, 2.24) is 24.9 Å². The third kappa shape index (κ3) is 6.37. The second kappa shape index (κ2) is 11.8. The van der Waals surface area contributed by atoms with Gasteiger partial charge < -0.3 is 29.8 Å². The molecular formula is C25H30ClF3N6O5. The van der Waals surface area contributed by atoms with E-state index in [9.17, 15) is 32.3 Å². The molecule has 3 aliphatic heterocycles. The Labute approximate surface area is 234 Å². The summed E-state index contributed by atoms with van der Waals surface area (Å²) in [7, 11) is 1.90. The zero-order chi connectivity index (χ0) is 29.2. The molecule has 15 heteroatoms. The van der Waals surface area contributed by atoms with Gasteiger partial charge in [0.15, 0.2) is 0 Å². The van der Waals surface area contributed by atoms with Crippen LogP contribution in [0, 0.1) is 0 Å². The molecular weight excluding hydrogens is 557 g/mol. The second-order valence-corrected chi connectivity index (χ2v) is 10.3. The smallest absolute Gasteiger partial charge is 0.361 e. The third-order valence-electron chi connectivity index (χ3n) is 6.92. The number of hydrogen-bond acceptors (Lipinski definition) is 7. The SMILES string of the molecule is CCC[C@@H](NC(=O)N(OC(=O)C(F)(F)F)c1ccc(Cl)cc1)C(=O)N1CCC(N2CN3CN(C)C=C3C2=O)CC1. The minimum Gasteiger partial charge on any atom is -0.361 e. The molecule has 3 heterocycles. The Bertz CT molecular complexity index is 1170. The van der Waals surface area contributed by atoms with Gasteiger partial charge in [-0.15, -0.1) is 5.06 Å². The van der Waals surface area contributed by atoms with Crippen molar-refractivity contribution in [3.8, 4) is 0 Å². The minimum absolute atomic E-state index is 0.0408. The first-order valence-corrected chi connectivity index (χ1v) is 13.2. The number of amides is 4. The second-order valence-electron chi connectivity index (χ2n) is 9.86. The van der Waals surface area contributed by atoms with E-state index in [4.69, 9.17) is 11.6 Å². The number of halogens is 4. The van der Waals surface area contributed by atoms with Gasteiger partial charge in [0.2, 0.25) is 5.91 Å². The maximum absolute atomic E-state index is 13.4. The molecule has 4 rings (SSSR count). The van der Waals surface area contributed by atoms with Crippen molar-refractivity contribution < 1.29 is 37.2 Å². The highest BCUT2D eigenvalue weighted by atomic mass is 35.5. The summed E-state index contributed by atoms with van der Waals surface area (Å²) in [6, 6.07) is 2.67. The molecule has 0 saturated carbocycles. The molecule has 2 fully saturated rings. The van der Waals surface area contributed by atoms with E-state index in [0.29, 0.717) is 51.4 Å². The summed E-state index contributed by atoms with van der Waals surface area (Å²) < 4.78 is 38.7. The Morgan fingerprint density at radius 1 is 1.15 bits per heavy atom. The lowest BCUT2D eigenvalue weighted by molar-refractivity contribution is -0.199. The van der Waals surface area contributed by atoms with Crippen LogP contribution in [0.25, 0.3) is 0 Å². The highest BCUT2D eigenvalue weighted by molar-refractivity contribution is 6.30. The van der Waals surface area contributed by atoms with Crippen molar-refractivity contribution in [2.45, 2.75) is 50.9 Å². The molecule has 0 bridgehead atoms. The molecule has 0 spiro atoms. The van der Waals surface area contributed by atoms with Crippen molar-refractivity contribution in [3.05, 3.63) is 41.2 Å². The number of piperidine rings is 1. The van der Waals surface area contributed by atoms with E-state index in [1.54, 1.807) is 11.8 Å². The molecule has 0 radical (unpaired) electrons. The molecule has 0 unspecified atom stereocenters. The number of benzene rings is 1. The Balaban J connectivity index is 1.41. The first-order chi connectivity index (χ1) is 18.9. The molecule has 1 aromatic rings. The minimum atomic E-state index is -5.35. The largest absolute Gasteiger partial charge is 0.493 e. The van der Waals surface area contributed by atoms with Gasteiger partial charge in [-0.1, -0.05) is 24.9 Å². The predicted molar refractivity (Wildman–Crippen MR) is 137 cm³/mol. The maximum atomic E-state index is 13.4. The van der Waals surface area contributed by atoms with Crippen molar-refractivity contribution in [3.63, 3.8) is 0 Å². The Morgan fingerprint density at radius 2 is 1.80 bits per heavy atom. The van der Waals surface area contributed by atoms with Crippen LogP contribution in [0.5, 0.6) is 0 Å². The highest BCUT2D eigenvalue weighted by Gasteiger charge is 2.45. The number of nitrogens with zero attached hydrogens (tertiary/aromatic N) is 5. The number of anilines is 1. The van der Waals surface area contributed by atoms with Gasteiger partial charge in [0, 0.05) is 37.4 Å². The summed E-state index contributed by atoms with van der Waals surface area (Å²) >= 11 is 5.83. The molecule has 40 heavy (non-hydrogen) atoms. The third-order valence-corrected chi connectivity index (χ3v) is 7.17. The van der Waals surface area contributed by atoms with Crippen LogP contribution in [-0.4, -0.2) is 95.1 Å². The van der Waals surface area contributed by atoms with Crippen LogP contribution in [-0.2, 0) is 19.2 Å². The van der Waals surface area contributed by atoms with Gasteiger partial charge in [0.25, 0.3) is 5.91 Å². The van der Waals surface area contributed by atoms with Gasteiger partial charge >= 0.3 is 18.2 Å². The average molecular weight is 587 g/mol. The summed E-state index contributed by atoms with van der Waals surface area (Å²) in [5, 5.41) is 2.83. The molecule has 0 aromatic heterocycles. The topological polar surface area (TPSA) is 106 Å². The summed E-state index contributed by atoms with van der Waals surface area (Å²) in [5.41, 5.74) is 0.461. The first kappa shape index (κ1) is 29.3. The number of likely N-dealkylation sites (tertiary alicyclic amines) is 1. The molecule has 2 saturated heterocycles. The number of hydrogen-bond donors (Lipinski definition) is 1. The lowest BCUT2D eigenvalue weighted by Crippen LogP contribution is -2.55. The van der Waals surface area contributed by atoms with E-state index in [1.165, 1.54) is 24.3 Å². The van der Waals surface area contributed by atoms with Crippen molar-refractivity contribution in [2.75, 3.05) is 38.5 Å². The van der Waals surface area contributed by atoms with Crippen LogP contribution >= 0.6 is 11.6 Å². The van der Waals surface area contributed by atoms with E-state index in [0.717, 1.165) is 0 Å². The average Bonchev–Trinajstić information content (AvgIpc) is 3.42. The van der Waals surface area contributed by atoms with Crippen molar-refractivity contribution >= 4 is 41.1 Å². The fraction of sp³-hybridized carbons (Fsp3) is 0.520. The number of nitrogens with one attached hydrogen (secondary N) is 1. The normalized spacial score (nSPS) is 18.4. The summed E-state index contributed by atoms with van der Waals surface area (Å²) in [4.78, 5) is 62.5. The first-order valence-electron chi connectivity index (χ1n) is 12.8. The molecule has 4 amide bonds. The van der Waals surface area contributed by atoms with Crippen molar-refractivity contribution in [2.24, 2.45) is 0 Å². The van der Waals surface area contributed by atoms with Gasteiger partial charge in [-0.25, -0.2) is 9.59 Å². The Hall–Kier alpha value is -3.68. The fourth-order valence-electron chi connectivity index (χ4n) is 4.96. The van der Waals surface area contributed by atoms with E-state index < -0.39 is 30.1 Å². The van der Waals surface area contributed by atoms with Crippen LogP contribution < -0.4 is 10.4 Å². The van der Waals surface area contributed by atoms with Crippen LogP contribution in [0.2, 0.25) is 5.02 Å². The monoisotopic (exact) mass is 586 g/mol. The summed E-state index contributed by atoms with van der Waals surface area (Å²) in [5.74, 6) is -3.05. The Kier molecular flexibility index (Phi) is 8.66. The fourth-order valence-corrected chi connectivity index (χ4v) is 5.09. The number of rotatable bonds is 6. The zero-order valence-electron chi connectivity index (χ0n) is 22.0. The number of hydroxylamine groups is 1. The van der Waals surface area contributed by atoms with Gasteiger partial charge in [-0.2, -0.15) is 13.2 Å². The quantitative estimate of drug-likeness (QED) is 0.511. The van der Waals surface area contributed by atoms with Crippen molar-refractivity contribution in [1.29, 1.82) is 0 Å². The van der Waals surface area contributed by atoms with E-state index in [2.05, 4.69) is 10.2 Å². The van der Waals surface area contributed by atoms with Gasteiger partial charge in [0.05, 0.1) is 19.0 Å². The van der Waals surface area contributed by atoms with Gasteiger partial charge in [0.1, 0.15) is 11.7 Å². The van der Waals surface area contributed by atoms with Gasteiger partial charge in [-0.05, 0) is 43.5 Å². The number of carbonyl (C=O) groups excluding carboxylic acids is 4. The van der Waals surface area contributed by atoms with Crippen LogP contribution in [0.15, 0.2) is 36.2 Å². The summed E-state index contributed by atoms with van der Waals surface area (Å²) in [6.07, 6.45) is -1.76. The number of urea groups is 1. The number of alkyl halides is 3. The molecule has 11 nitrogen and oxygen atoms in total. The molecule has 1 aromatic carbocycles. The van der Waals surface area contributed by atoms with Gasteiger partial charge in [-0.3, -0.25) is 9.59 Å². The predicted octanol–water partition coefficient (Wildman–Crippen LogP) is 2.88. The molecule has 1 N–H and O–H groups in total. The highest BCUT2D eigenvalue weighted by Crippen LogP contribution is 2.29. The lowest BCUT2D eigenvalue weighted by atomic mass is 10.0. The lowest BCUT2D eigenvalue weighted by Gasteiger charge is -2.38. The van der Waals surface area contributed by atoms with Crippen LogP contribution in [0.3, 0.4) is 0 Å². The summed E-state index contributed by atoms with van der Waals surface area (Å²) in [6.45, 7) is 3.59. The number of fused-ring (bicyclic) bond motifs is 1. The van der Waals surface area contributed by atoms with Crippen LogP contribution in [0.1, 0.15) is 32.6 Å². The molecule has 1 atom stereocenters. The zero-order valence-corrected chi connectivity index (χ0v) is 22.7. The molecule has 3 aliphatic rings. The molecule has 218 valence electrons. The van der Waals surface area contributed by atoms with E-state index in [1.807, 2.05) is 27.9 Å². The standard InChI is InChI=1S/C25H30ClF3N6O5/c1-3-4-19(30-24(39)35(40-23(38)25(27,28)29)18-7-5-16(26)6-8-18)21(36)32-11-9-17(10-12-32)34-15-33-14-31(2)13-20(33)22(34)37/h5-8,13,17,19H,3-4,9-12,14-15H2,1-2H3,(H,30,39)/t19-/m1/s1. The van der Waals surface area contributed by atoms with E-state index >= 15 is 0 Å². The van der Waals surface area contributed by atoms with Crippen LogP contribution in [0.4, 0.5) is 23.7 Å². The number of carbonyl (C=O) groups is 4. The Morgan fingerprint density at radius 3 is 2.38 bits per heavy atom. The maximum Gasteiger partial charge on any atom is 0.493 e. The van der Waals surface area contributed by atoms with E-state index in [-0.39, 0.29) is 34.1 Å². The molecule has 0 aliphatic carbocycles.